The van der Waals surface area contributed by atoms with Crippen molar-refractivity contribution < 1.29 is 14.7 Å². The van der Waals surface area contributed by atoms with Crippen LogP contribution in [0.15, 0.2) is 24.3 Å². The Morgan fingerprint density at radius 1 is 1.37 bits per heavy atom. The molecular weight excluding hydrogens is 242 g/mol. The van der Waals surface area contributed by atoms with Crippen LogP contribution in [-0.4, -0.2) is 23.0 Å². The van der Waals surface area contributed by atoms with Crippen molar-refractivity contribution in [1.29, 1.82) is 0 Å². The number of benzene rings is 1. The Morgan fingerprint density at radius 3 is 2.63 bits per heavy atom. The summed E-state index contributed by atoms with van der Waals surface area (Å²) in [6.07, 6.45) is 1.16. The molecule has 1 aliphatic rings. The summed E-state index contributed by atoms with van der Waals surface area (Å²) in [5.74, 6) is -1.10. The van der Waals surface area contributed by atoms with Crippen LogP contribution in [0.25, 0.3) is 0 Å². The number of hydrogen-bond donors (Lipinski definition) is 2. The molecular formula is C15H19NO3. The number of amides is 1. The Balaban J connectivity index is 2.00. The van der Waals surface area contributed by atoms with E-state index in [2.05, 4.69) is 5.32 Å². The molecule has 0 fully saturated rings. The molecule has 1 amide bonds. The first-order valence-corrected chi connectivity index (χ1v) is 6.60. The van der Waals surface area contributed by atoms with Crippen molar-refractivity contribution in [2.24, 2.45) is 5.92 Å². The lowest BCUT2D eigenvalue weighted by Gasteiger charge is -2.30. The van der Waals surface area contributed by atoms with Gasteiger partial charge in [-0.3, -0.25) is 4.79 Å². The van der Waals surface area contributed by atoms with E-state index in [4.69, 9.17) is 5.11 Å². The Morgan fingerprint density at radius 2 is 2.05 bits per heavy atom. The standard InChI is InChI=1S/C15H19NO3/c1-9(2)7-13(15(18)19)16-14(17)12-8-10-5-3-4-6-11(10)12/h3-6,9,12-13H,7-8H2,1-2H3,(H,16,17)(H,18,19). The first-order valence-electron chi connectivity index (χ1n) is 6.60. The molecule has 1 aliphatic carbocycles. The molecule has 0 spiro atoms. The monoisotopic (exact) mass is 261 g/mol. The van der Waals surface area contributed by atoms with E-state index in [0.717, 1.165) is 5.56 Å². The average Bonchev–Trinajstić information content (AvgIpc) is 2.29. The number of carbonyl (C=O) groups excluding carboxylic acids is 1. The summed E-state index contributed by atoms with van der Waals surface area (Å²) in [4.78, 5) is 23.2. The van der Waals surface area contributed by atoms with Crippen LogP contribution in [0.1, 0.15) is 37.3 Å². The zero-order valence-corrected chi connectivity index (χ0v) is 11.2. The molecule has 4 heteroatoms. The zero-order chi connectivity index (χ0) is 14.0. The molecule has 2 rings (SSSR count). The highest BCUT2D eigenvalue weighted by Crippen LogP contribution is 2.34. The lowest BCUT2D eigenvalue weighted by atomic mass is 9.77. The normalized spacial score (nSPS) is 18.4. The summed E-state index contributed by atoms with van der Waals surface area (Å²) in [7, 11) is 0. The highest BCUT2D eigenvalue weighted by atomic mass is 16.4. The van der Waals surface area contributed by atoms with E-state index in [9.17, 15) is 9.59 Å². The number of carbonyl (C=O) groups is 2. The smallest absolute Gasteiger partial charge is 0.326 e. The maximum Gasteiger partial charge on any atom is 0.326 e. The van der Waals surface area contributed by atoms with Gasteiger partial charge >= 0.3 is 5.97 Å². The Bertz CT molecular complexity index is 496. The highest BCUT2D eigenvalue weighted by molar-refractivity contribution is 5.90. The van der Waals surface area contributed by atoms with Gasteiger partial charge in [-0.05, 0) is 29.9 Å². The third-order valence-corrected chi connectivity index (χ3v) is 3.49. The Kier molecular flexibility index (Phi) is 3.88. The van der Waals surface area contributed by atoms with E-state index in [-0.39, 0.29) is 17.7 Å². The fourth-order valence-corrected chi connectivity index (χ4v) is 2.46. The SMILES string of the molecule is CC(C)CC(NC(=O)C1Cc2ccccc21)C(=O)O. The van der Waals surface area contributed by atoms with Crippen LogP contribution in [0.4, 0.5) is 0 Å². The van der Waals surface area contributed by atoms with Crippen molar-refractivity contribution in [1.82, 2.24) is 5.32 Å². The summed E-state index contributed by atoms with van der Waals surface area (Å²) in [6, 6.07) is 7.00. The molecule has 0 aliphatic heterocycles. The summed E-state index contributed by atoms with van der Waals surface area (Å²) in [5, 5.41) is 11.8. The van der Waals surface area contributed by atoms with Crippen molar-refractivity contribution in [3.8, 4) is 0 Å². The largest absolute Gasteiger partial charge is 0.480 e. The predicted octanol–water partition coefficient (Wildman–Crippen LogP) is 1.94. The number of rotatable bonds is 5. The third-order valence-electron chi connectivity index (χ3n) is 3.49. The van der Waals surface area contributed by atoms with Crippen LogP contribution >= 0.6 is 0 Å². The first-order chi connectivity index (χ1) is 8.99. The van der Waals surface area contributed by atoms with Crippen LogP contribution in [0.3, 0.4) is 0 Å². The van der Waals surface area contributed by atoms with Crippen LogP contribution in [0.2, 0.25) is 0 Å². The van der Waals surface area contributed by atoms with Gasteiger partial charge in [0.2, 0.25) is 5.91 Å². The van der Waals surface area contributed by atoms with Gasteiger partial charge in [0.15, 0.2) is 0 Å². The summed E-state index contributed by atoms with van der Waals surface area (Å²) < 4.78 is 0. The maximum absolute atomic E-state index is 12.1. The molecule has 19 heavy (non-hydrogen) atoms. The molecule has 2 N–H and O–H groups in total. The number of nitrogens with one attached hydrogen (secondary N) is 1. The lowest BCUT2D eigenvalue weighted by Crippen LogP contribution is -2.45. The molecule has 4 nitrogen and oxygen atoms in total. The van der Waals surface area contributed by atoms with E-state index in [1.807, 2.05) is 38.1 Å². The van der Waals surface area contributed by atoms with E-state index < -0.39 is 12.0 Å². The first kappa shape index (κ1) is 13.6. The van der Waals surface area contributed by atoms with Crippen molar-refractivity contribution in [2.75, 3.05) is 0 Å². The minimum absolute atomic E-state index is 0.174. The Hall–Kier alpha value is -1.84. The Labute approximate surface area is 112 Å². The van der Waals surface area contributed by atoms with Crippen molar-refractivity contribution in [3.63, 3.8) is 0 Å². The zero-order valence-electron chi connectivity index (χ0n) is 11.2. The van der Waals surface area contributed by atoms with Gasteiger partial charge < -0.3 is 10.4 Å². The second-order valence-electron chi connectivity index (χ2n) is 5.48. The molecule has 102 valence electrons. The van der Waals surface area contributed by atoms with Crippen molar-refractivity contribution in [3.05, 3.63) is 35.4 Å². The molecule has 0 saturated carbocycles. The number of aliphatic carboxylic acids is 1. The third kappa shape index (κ3) is 2.95. The molecule has 0 bridgehead atoms. The molecule has 1 aromatic carbocycles. The van der Waals surface area contributed by atoms with E-state index >= 15 is 0 Å². The minimum Gasteiger partial charge on any atom is -0.480 e. The summed E-state index contributed by atoms with van der Waals surface area (Å²) in [6.45, 7) is 3.89. The second-order valence-corrected chi connectivity index (χ2v) is 5.48. The van der Waals surface area contributed by atoms with Gasteiger partial charge in [-0.2, -0.15) is 0 Å². The summed E-state index contributed by atoms with van der Waals surface area (Å²) >= 11 is 0. The lowest BCUT2D eigenvalue weighted by molar-refractivity contribution is -0.142. The molecule has 2 unspecified atom stereocenters. The minimum atomic E-state index is -0.963. The topological polar surface area (TPSA) is 66.4 Å². The predicted molar refractivity (Wildman–Crippen MR) is 71.9 cm³/mol. The van der Waals surface area contributed by atoms with Crippen LogP contribution in [0.5, 0.6) is 0 Å². The maximum atomic E-state index is 12.1. The molecule has 2 atom stereocenters. The van der Waals surface area contributed by atoms with E-state index in [0.29, 0.717) is 12.8 Å². The van der Waals surface area contributed by atoms with Gasteiger partial charge in [0.05, 0.1) is 5.92 Å². The van der Waals surface area contributed by atoms with Gasteiger partial charge in [0.1, 0.15) is 6.04 Å². The quantitative estimate of drug-likeness (QED) is 0.851. The van der Waals surface area contributed by atoms with E-state index in [1.165, 1.54) is 5.56 Å². The number of carboxylic acids is 1. The van der Waals surface area contributed by atoms with Crippen molar-refractivity contribution >= 4 is 11.9 Å². The number of carboxylic acid groups (broad SMARTS) is 1. The molecule has 1 aromatic rings. The van der Waals surface area contributed by atoms with Gasteiger partial charge in [0.25, 0.3) is 0 Å². The van der Waals surface area contributed by atoms with Gasteiger partial charge in [-0.25, -0.2) is 4.79 Å². The van der Waals surface area contributed by atoms with Crippen LogP contribution < -0.4 is 5.32 Å². The second kappa shape index (κ2) is 5.43. The van der Waals surface area contributed by atoms with Gasteiger partial charge in [-0.1, -0.05) is 38.1 Å². The van der Waals surface area contributed by atoms with Gasteiger partial charge in [-0.15, -0.1) is 0 Å². The van der Waals surface area contributed by atoms with Crippen molar-refractivity contribution in [2.45, 2.75) is 38.6 Å². The fourth-order valence-electron chi connectivity index (χ4n) is 2.46. The van der Waals surface area contributed by atoms with E-state index in [1.54, 1.807) is 0 Å². The average molecular weight is 261 g/mol. The molecule has 0 heterocycles. The number of fused-ring (bicyclic) bond motifs is 1. The van der Waals surface area contributed by atoms with Crippen LogP contribution in [0, 0.1) is 5.92 Å². The fraction of sp³-hybridized carbons (Fsp3) is 0.467. The van der Waals surface area contributed by atoms with Gasteiger partial charge in [0, 0.05) is 0 Å². The highest BCUT2D eigenvalue weighted by Gasteiger charge is 2.33. The van der Waals surface area contributed by atoms with Crippen LogP contribution in [-0.2, 0) is 16.0 Å². The molecule has 0 aromatic heterocycles. The summed E-state index contributed by atoms with van der Waals surface area (Å²) in [5.41, 5.74) is 2.20. The molecule has 0 radical (unpaired) electrons. The number of hydrogen-bond acceptors (Lipinski definition) is 2. The molecule has 0 saturated heterocycles.